The van der Waals surface area contributed by atoms with Crippen molar-refractivity contribution in [2.75, 3.05) is 19.6 Å². The first-order chi connectivity index (χ1) is 9.70. The number of benzene rings is 1. The van der Waals surface area contributed by atoms with Gasteiger partial charge in [0.15, 0.2) is 0 Å². The molecule has 5 heteroatoms. The average molecular weight is 275 g/mol. The van der Waals surface area contributed by atoms with E-state index in [9.17, 15) is 9.18 Å². The average Bonchev–Trinajstić information content (AvgIpc) is 2.47. The second-order valence-electron chi connectivity index (χ2n) is 4.69. The Hall–Kier alpha value is -1.90. The van der Waals surface area contributed by atoms with Crippen molar-refractivity contribution < 1.29 is 9.18 Å². The third-order valence-electron chi connectivity index (χ3n) is 3.17. The molecule has 2 rings (SSSR count). The molecule has 4 nitrogen and oxygen atoms in total. The molecule has 1 aromatic rings. The highest BCUT2D eigenvalue weighted by molar-refractivity contribution is 5.94. The predicted octanol–water partition coefficient (Wildman–Crippen LogP) is 1.27. The van der Waals surface area contributed by atoms with Crippen molar-refractivity contribution in [2.24, 2.45) is 5.73 Å². The molecule has 1 aliphatic heterocycles. The van der Waals surface area contributed by atoms with E-state index >= 15 is 0 Å². The van der Waals surface area contributed by atoms with Crippen LogP contribution in [-0.2, 0) is 0 Å². The number of carbonyl (C=O) groups excluding carboxylic acids is 1. The van der Waals surface area contributed by atoms with Gasteiger partial charge in [-0.05, 0) is 31.0 Å². The van der Waals surface area contributed by atoms with Crippen molar-refractivity contribution >= 4 is 5.91 Å². The molecule has 1 amide bonds. The summed E-state index contributed by atoms with van der Waals surface area (Å²) in [6, 6.07) is 4.28. The Balaban J connectivity index is 2.04. The smallest absolute Gasteiger partial charge is 0.265 e. The molecule has 1 aliphatic rings. The van der Waals surface area contributed by atoms with Gasteiger partial charge < -0.3 is 5.73 Å². The first-order valence-corrected chi connectivity index (χ1v) is 6.75. The molecule has 106 valence electrons. The van der Waals surface area contributed by atoms with Crippen LogP contribution in [-0.4, -0.2) is 30.6 Å². The molecule has 1 fully saturated rings. The van der Waals surface area contributed by atoms with Gasteiger partial charge in [0, 0.05) is 18.7 Å². The van der Waals surface area contributed by atoms with Gasteiger partial charge in [0.25, 0.3) is 5.91 Å². The van der Waals surface area contributed by atoms with Crippen molar-refractivity contribution in [3.63, 3.8) is 0 Å². The number of piperidine rings is 1. The van der Waals surface area contributed by atoms with Crippen LogP contribution in [0.1, 0.15) is 35.2 Å². The Morgan fingerprint density at radius 3 is 2.75 bits per heavy atom. The van der Waals surface area contributed by atoms with Gasteiger partial charge in [-0.1, -0.05) is 18.3 Å². The summed E-state index contributed by atoms with van der Waals surface area (Å²) in [4.78, 5) is 12.0. The maximum atomic E-state index is 13.8. The topological polar surface area (TPSA) is 58.4 Å². The number of halogens is 1. The number of amides is 1. The molecule has 3 N–H and O–H groups in total. The molecule has 1 heterocycles. The van der Waals surface area contributed by atoms with E-state index in [0.29, 0.717) is 5.56 Å². The van der Waals surface area contributed by atoms with Gasteiger partial charge in [-0.25, -0.2) is 9.40 Å². The lowest BCUT2D eigenvalue weighted by atomic mass is 10.1. The summed E-state index contributed by atoms with van der Waals surface area (Å²) in [5.74, 6) is 4.43. The van der Waals surface area contributed by atoms with Gasteiger partial charge in [0.1, 0.15) is 5.82 Å². The number of hydrazine groups is 1. The minimum atomic E-state index is -0.503. The van der Waals surface area contributed by atoms with Gasteiger partial charge in [-0.15, -0.1) is 0 Å². The highest BCUT2D eigenvalue weighted by Gasteiger charge is 2.15. The molecule has 0 aromatic heterocycles. The van der Waals surface area contributed by atoms with E-state index < -0.39 is 5.82 Å². The Bertz CT molecular complexity index is 542. The number of nitrogens with zero attached hydrogens (tertiary/aromatic N) is 1. The largest absolute Gasteiger partial charge is 0.320 e. The summed E-state index contributed by atoms with van der Waals surface area (Å²) in [7, 11) is 0. The van der Waals surface area contributed by atoms with E-state index in [1.54, 1.807) is 6.07 Å². The Morgan fingerprint density at radius 1 is 1.35 bits per heavy atom. The highest BCUT2D eigenvalue weighted by Crippen LogP contribution is 2.11. The molecule has 20 heavy (non-hydrogen) atoms. The maximum Gasteiger partial charge on any atom is 0.265 e. The number of nitrogens with two attached hydrogens (primary N) is 1. The standard InChI is InChI=1S/C15H18FN3O/c16-14-11-13(7-6-12(14)5-4-8-17)15(20)18-19-9-2-1-3-10-19/h6-7,11H,1-3,8-10,17H2,(H,18,20). The van der Waals surface area contributed by atoms with Crippen LogP contribution in [0.5, 0.6) is 0 Å². The minimum Gasteiger partial charge on any atom is -0.320 e. The quantitative estimate of drug-likeness (QED) is 0.799. The van der Waals surface area contributed by atoms with E-state index in [2.05, 4.69) is 17.3 Å². The van der Waals surface area contributed by atoms with E-state index in [0.717, 1.165) is 25.9 Å². The van der Waals surface area contributed by atoms with Gasteiger partial charge in [0.2, 0.25) is 0 Å². The van der Waals surface area contributed by atoms with E-state index in [1.807, 2.05) is 5.01 Å². The van der Waals surface area contributed by atoms with Crippen LogP contribution in [0.25, 0.3) is 0 Å². The van der Waals surface area contributed by atoms with Gasteiger partial charge >= 0.3 is 0 Å². The Kier molecular flexibility index (Phi) is 5.10. The lowest BCUT2D eigenvalue weighted by Gasteiger charge is -2.26. The van der Waals surface area contributed by atoms with Crippen LogP contribution in [0.4, 0.5) is 4.39 Å². The van der Waals surface area contributed by atoms with Crippen molar-refractivity contribution in [1.82, 2.24) is 10.4 Å². The van der Waals surface area contributed by atoms with Crippen LogP contribution < -0.4 is 11.2 Å². The van der Waals surface area contributed by atoms with Gasteiger partial charge in [-0.2, -0.15) is 0 Å². The Morgan fingerprint density at radius 2 is 2.10 bits per heavy atom. The van der Waals surface area contributed by atoms with Crippen molar-refractivity contribution in [3.05, 3.63) is 35.1 Å². The second-order valence-corrected chi connectivity index (χ2v) is 4.69. The molecule has 0 unspecified atom stereocenters. The zero-order chi connectivity index (χ0) is 14.4. The fourth-order valence-corrected chi connectivity index (χ4v) is 2.12. The summed E-state index contributed by atoms with van der Waals surface area (Å²) >= 11 is 0. The Labute approximate surface area is 118 Å². The number of nitrogens with one attached hydrogen (secondary N) is 1. The molecule has 0 bridgehead atoms. The zero-order valence-corrected chi connectivity index (χ0v) is 11.3. The van der Waals surface area contributed by atoms with Crippen LogP contribution >= 0.6 is 0 Å². The first kappa shape index (κ1) is 14.5. The van der Waals surface area contributed by atoms with E-state index in [1.165, 1.54) is 18.6 Å². The summed E-state index contributed by atoms with van der Waals surface area (Å²) in [5, 5.41) is 1.88. The monoisotopic (exact) mass is 275 g/mol. The second kappa shape index (κ2) is 7.04. The zero-order valence-electron chi connectivity index (χ0n) is 11.3. The molecule has 1 aromatic carbocycles. The number of hydrogen-bond acceptors (Lipinski definition) is 3. The number of carbonyl (C=O) groups is 1. The normalized spacial score (nSPS) is 15.3. The summed E-state index contributed by atoms with van der Waals surface area (Å²) in [6.07, 6.45) is 3.33. The summed E-state index contributed by atoms with van der Waals surface area (Å²) in [6.45, 7) is 1.86. The van der Waals surface area contributed by atoms with E-state index in [4.69, 9.17) is 5.73 Å². The maximum absolute atomic E-state index is 13.8. The first-order valence-electron chi connectivity index (χ1n) is 6.75. The van der Waals surface area contributed by atoms with E-state index in [-0.39, 0.29) is 18.0 Å². The summed E-state index contributed by atoms with van der Waals surface area (Å²) in [5.41, 5.74) is 8.59. The lowest BCUT2D eigenvalue weighted by molar-refractivity contribution is 0.0749. The molecule has 0 aliphatic carbocycles. The fraction of sp³-hybridized carbons (Fsp3) is 0.400. The molecule has 1 saturated heterocycles. The molecule has 0 radical (unpaired) electrons. The molecular weight excluding hydrogens is 257 g/mol. The van der Waals surface area contributed by atoms with Crippen molar-refractivity contribution in [3.8, 4) is 11.8 Å². The van der Waals surface area contributed by atoms with Crippen molar-refractivity contribution in [2.45, 2.75) is 19.3 Å². The van der Waals surface area contributed by atoms with Crippen molar-refractivity contribution in [1.29, 1.82) is 0 Å². The highest BCUT2D eigenvalue weighted by atomic mass is 19.1. The number of hydrogen-bond donors (Lipinski definition) is 2. The van der Waals surface area contributed by atoms with Crippen LogP contribution in [0, 0.1) is 17.7 Å². The molecule has 0 atom stereocenters. The lowest BCUT2D eigenvalue weighted by Crippen LogP contribution is -2.45. The van der Waals surface area contributed by atoms with Crippen LogP contribution in [0.3, 0.4) is 0 Å². The van der Waals surface area contributed by atoms with Crippen LogP contribution in [0.2, 0.25) is 0 Å². The van der Waals surface area contributed by atoms with Gasteiger partial charge in [0.05, 0.1) is 12.1 Å². The third-order valence-corrected chi connectivity index (χ3v) is 3.17. The SMILES string of the molecule is NCC#Cc1ccc(C(=O)NN2CCCCC2)cc1F. The number of rotatable bonds is 2. The fourth-order valence-electron chi connectivity index (χ4n) is 2.12. The third kappa shape index (κ3) is 3.80. The molecule has 0 spiro atoms. The molecular formula is C15H18FN3O. The minimum absolute atomic E-state index is 0.177. The van der Waals surface area contributed by atoms with Crippen LogP contribution in [0.15, 0.2) is 18.2 Å². The predicted molar refractivity (Wildman–Crippen MR) is 75.2 cm³/mol. The van der Waals surface area contributed by atoms with Gasteiger partial charge in [-0.3, -0.25) is 10.2 Å². The summed E-state index contributed by atoms with van der Waals surface area (Å²) < 4.78 is 13.8. The molecule has 0 saturated carbocycles.